The summed E-state index contributed by atoms with van der Waals surface area (Å²) in [6.07, 6.45) is 8.01. The summed E-state index contributed by atoms with van der Waals surface area (Å²) in [6.45, 7) is 4.49. The van der Waals surface area contributed by atoms with Crippen LogP contribution in [0.5, 0.6) is 0 Å². The molecule has 4 nitrogen and oxygen atoms in total. The number of hydrogen-bond acceptors (Lipinski definition) is 2. The maximum absolute atomic E-state index is 8.24. The van der Waals surface area contributed by atoms with E-state index in [4.69, 9.17) is 20.4 Å². The summed E-state index contributed by atoms with van der Waals surface area (Å²) >= 11 is 0. The van der Waals surface area contributed by atoms with Gasteiger partial charge in [-0.3, -0.25) is 9.59 Å². The summed E-state index contributed by atoms with van der Waals surface area (Å²) in [5.74, 6) is 0. The first-order valence-electron chi connectivity index (χ1n) is 4.27. The number of hydrogen-bond donors (Lipinski definition) is 0. The lowest BCUT2D eigenvalue weighted by Crippen LogP contribution is -1.70. The first-order chi connectivity index (χ1) is 6.24. The van der Waals surface area contributed by atoms with Gasteiger partial charge in [0.25, 0.3) is 0 Å². The molecule has 0 spiro atoms. The topological polar surface area (TPSA) is 78.7 Å². The van der Waals surface area contributed by atoms with Gasteiger partial charge in [0.15, 0.2) is 0 Å². The number of unbranched alkanes of at least 4 members (excludes halogenated alkanes) is 4. The zero-order valence-corrected chi connectivity index (χ0v) is 8.25. The van der Waals surface area contributed by atoms with E-state index in [1.807, 2.05) is 0 Å². The van der Waals surface area contributed by atoms with Gasteiger partial charge < -0.3 is 10.8 Å². The van der Waals surface area contributed by atoms with Crippen LogP contribution >= 0.6 is 0 Å². The predicted molar refractivity (Wildman–Crippen MR) is 52.5 cm³/mol. The largest absolute Gasteiger partial charge is 0.724 e. The highest BCUT2D eigenvalue weighted by Gasteiger charge is 1.80. The van der Waals surface area contributed by atoms with E-state index < -0.39 is 0 Å². The van der Waals surface area contributed by atoms with Gasteiger partial charge in [0.2, 0.25) is 0 Å². The van der Waals surface area contributed by atoms with Crippen molar-refractivity contribution in [2.24, 2.45) is 0 Å². The quantitative estimate of drug-likeness (QED) is 0.382. The van der Waals surface area contributed by atoms with Crippen LogP contribution < -0.4 is 0 Å². The Hall–Kier alpha value is -1.24. The smallest absolute Gasteiger partial charge is 0.0159 e. The van der Waals surface area contributed by atoms with E-state index in [1.54, 1.807) is 0 Å². The van der Waals surface area contributed by atoms with Gasteiger partial charge in [-0.25, -0.2) is 0 Å². The monoisotopic (exact) mass is 184 g/mol. The predicted octanol–water partition coefficient (Wildman–Crippen LogP) is 2.76. The molecule has 0 aliphatic rings. The Morgan fingerprint density at radius 3 is 1.23 bits per heavy atom. The molecule has 0 aromatic heterocycles. The number of carbonyl (C=O) groups excluding carboxylic acids is 2. The van der Waals surface area contributed by atoms with Crippen molar-refractivity contribution in [3.8, 4) is 0 Å². The summed E-state index contributed by atoms with van der Waals surface area (Å²) in [5, 5.41) is 13.5. The molecule has 76 valence electrons. The average Bonchev–Trinajstić information content (AvgIpc) is 2.08. The van der Waals surface area contributed by atoms with Crippen LogP contribution in [0.25, 0.3) is 10.8 Å². The molecule has 0 heterocycles. The lowest BCUT2D eigenvalue weighted by atomic mass is 10.2. The molecule has 0 saturated heterocycles. The lowest BCUT2D eigenvalue weighted by molar-refractivity contribution is 0.568. The molecule has 0 aliphatic heterocycles. The van der Waals surface area contributed by atoms with Gasteiger partial charge in [0, 0.05) is 0 Å². The Morgan fingerprint density at radius 2 is 1.08 bits per heavy atom. The summed E-state index contributed by atoms with van der Waals surface area (Å²) < 4.78 is 0. The van der Waals surface area contributed by atoms with Crippen molar-refractivity contribution in [2.75, 3.05) is 0 Å². The molecule has 0 amide bonds. The molecule has 0 unspecified atom stereocenters. The molecule has 0 atom stereocenters. The zero-order chi connectivity index (χ0) is 10.9. The molecular weight excluding hydrogens is 168 g/mol. The highest BCUT2D eigenvalue weighted by Crippen LogP contribution is 2.00. The van der Waals surface area contributed by atoms with Crippen LogP contribution in [0.15, 0.2) is 0 Å². The molecule has 0 radical (unpaired) electrons. The van der Waals surface area contributed by atoms with Crippen molar-refractivity contribution in [1.29, 1.82) is 0 Å². The average molecular weight is 184 g/mol. The van der Waals surface area contributed by atoms with Crippen molar-refractivity contribution in [3.05, 3.63) is 10.8 Å². The van der Waals surface area contributed by atoms with E-state index >= 15 is 0 Å². The highest BCUT2D eigenvalue weighted by molar-refractivity contribution is 5.37. The van der Waals surface area contributed by atoms with Gasteiger partial charge in [-0.2, -0.15) is 0 Å². The standard InChI is InChI=1S/C7H16.2CNO/c1-3-5-7-6-4-2;2*2-1-3/h3-7H2,1-2H3;;/q;2*-1. The molecular formula is C9H16N2O2-2. The molecule has 0 aliphatic carbocycles. The van der Waals surface area contributed by atoms with E-state index in [0.717, 1.165) is 0 Å². The Bertz CT molecular complexity index is 119. The summed E-state index contributed by atoms with van der Waals surface area (Å²) in [5.41, 5.74) is 0. The van der Waals surface area contributed by atoms with Gasteiger partial charge in [0.1, 0.15) is 0 Å². The second-order valence-electron chi connectivity index (χ2n) is 2.24. The normalized spacial score (nSPS) is 6.31. The fourth-order valence-electron chi connectivity index (χ4n) is 0.677. The van der Waals surface area contributed by atoms with E-state index in [9.17, 15) is 0 Å². The van der Waals surface area contributed by atoms with Gasteiger partial charge in [0.05, 0.1) is 0 Å². The van der Waals surface area contributed by atoms with Gasteiger partial charge in [-0.15, -0.1) is 0 Å². The first-order valence-corrected chi connectivity index (χ1v) is 4.27. The van der Waals surface area contributed by atoms with Crippen molar-refractivity contribution in [2.45, 2.75) is 46.0 Å². The van der Waals surface area contributed by atoms with Crippen LogP contribution in [0.1, 0.15) is 46.0 Å². The third kappa shape index (κ3) is 108. The Labute approximate surface area is 79.4 Å². The van der Waals surface area contributed by atoms with Crippen molar-refractivity contribution in [3.63, 3.8) is 0 Å². The minimum atomic E-state index is 0.500. The van der Waals surface area contributed by atoms with E-state index in [0.29, 0.717) is 12.2 Å². The fraction of sp³-hybridized carbons (Fsp3) is 0.778. The molecule has 0 bridgehead atoms. The molecule has 13 heavy (non-hydrogen) atoms. The first kappa shape index (κ1) is 17.7. The second kappa shape index (κ2) is 30.9. The Kier molecular flexibility index (Phi) is 42.2. The summed E-state index contributed by atoms with van der Waals surface area (Å²) in [4.78, 5) is 16.5. The highest BCUT2D eigenvalue weighted by atomic mass is 16.1. The van der Waals surface area contributed by atoms with Crippen molar-refractivity contribution < 1.29 is 9.59 Å². The second-order valence-corrected chi connectivity index (χ2v) is 2.24. The molecule has 4 heteroatoms. The maximum atomic E-state index is 8.24. The molecule has 0 aromatic rings. The Balaban J connectivity index is -0.000000140. The van der Waals surface area contributed by atoms with Crippen molar-refractivity contribution >= 4 is 12.2 Å². The van der Waals surface area contributed by atoms with E-state index in [2.05, 4.69) is 13.8 Å². The number of isocyanates is 2. The van der Waals surface area contributed by atoms with E-state index in [-0.39, 0.29) is 0 Å². The number of nitrogens with zero attached hydrogens (tertiary/aromatic N) is 2. The Morgan fingerprint density at radius 1 is 0.846 bits per heavy atom. The van der Waals surface area contributed by atoms with Gasteiger partial charge in [-0.05, 0) is 12.2 Å². The SMILES string of the molecule is CCCCCCC.[N-]=C=O.[N-]=C=O. The minimum Gasteiger partial charge on any atom is -0.724 e. The fourth-order valence-corrected chi connectivity index (χ4v) is 0.677. The van der Waals surface area contributed by atoms with Crippen LogP contribution in [0.3, 0.4) is 0 Å². The summed E-state index contributed by atoms with van der Waals surface area (Å²) in [6, 6.07) is 0. The minimum absolute atomic E-state index is 0.500. The third-order valence-electron chi connectivity index (χ3n) is 1.21. The van der Waals surface area contributed by atoms with Crippen LogP contribution in [0.4, 0.5) is 0 Å². The third-order valence-corrected chi connectivity index (χ3v) is 1.21. The van der Waals surface area contributed by atoms with Gasteiger partial charge in [-0.1, -0.05) is 46.0 Å². The van der Waals surface area contributed by atoms with Gasteiger partial charge >= 0.3 is 0 Å². The number of rotatable bonds is 4. The van der Waals surface area contributed by atoms with Crippen LogP contribution in [-0.2, 0) is 9.59 Å². The lowest BCUT2D eigenvalue weighted by Gasteiger charge is -1.90. The van der Waals surface area contributed by atoms with Crippen molar-refractivity contribution in [1.82, 2.24) is 0 Å². The summed E-state index contributed by atoms with van der Waals surface area (Å²) in [7, 11) is 0. The maximum Gasteiger partial charge on any atom is -0.0159 e. The molecule has 0 rings (SSSR count). The van der Waals surface area contributed by atoms with Crippen LogP contribution in [0.2, 0.25) is 0 Å². The van der Waals surface area contributed by atoms with Crippen LogP contribution in [0, 0.1) is 0 Å². The molecule has 0 fully saturated rings. The van der Waals surface area contributed by atoms with Crippen LogP contribution in [-0.4, -0.2) is 12.2 Å². The molecule has 0 N–H and O–H groups in total. The van der Waals surface area contributed by atoms with E-state index in [1.165, 1.54) is 32.1 Å². The molecule has 0 saturated carbocycles. The zero-order valence-electron chi connectivity index (χ0n) is 8.25. The molecule has 0 aromatic carbocycles.